The zero-order valence-electron chi connectivity index (χ0n) is 12.4. The summed E-state index contributed by atoms with van der Waals surface area (Å²) in [6.07, 6.45) is 0. The monoisotopic (exact) mass is 351 g/mol. The second-order valence-corrected chi connectivity index (χ2v) is 5.92. The van der Waals surface area contributed by atoms with Crippen LogP contribution >= 0.6 is 15.9 Å². The van der Waals surface area contributed by atoms with Gasteiger partial charge in [-0.05, 0) is 54.8 Å². The van der Waals surface area contributed by atoms with Gasteiger partial charge >= 0.3 is 0 Å². The standard InChI is InChI=1S/C17H19BrFNO/c1-11-4-5-13(9-17(11)19)12(2)20-10-14-8-15(21-3)6-7-16(14)18/h4-9,12,20H,10H2,1-3H3. The maximum atomic E-state index is 13.6. The van der Waals surface area contributed by atoms with Gasteiger partial charge in [0.05, 0.1) is 7.11 Å². The summed E-state index contributed by atoms with van der Waals surface area (Å²) in [4.78, 5) is 0. The van der Waals surface area contributed by atoms with Gasteiger partial charge in [-0.2, -0.15) is 0 Å². The summed E-state index contributed by atoms with van der Waals surface area (Å²) in [7, 11) is 1.65. The molecule has 0 bridgehead atoms. The smallest absolute Gasteiger partial charge is 0.126 e. The topological polar surface area (TPSA) is 21.3 Å². The van der Waals surface area contributed by atoms with Gasteiger partial charge in [-0.25, -0.2) is 4.39 Å². The summed E-state index contributed by atoms with van der Waals surface area (Å²) < 4.78 is 19.9. The van der Waals surface area contributed by atoms with E-state index in [1.807, 2.05) is 37.3 Å². The summed E-state index contributed by atoms with van der Waals surface area (Å²) in [6, 6.07) is 11.3. The molecule has 0 saturated carbocycles. The molecule has 0 heterocycles. The van der Waals surface area contributed by atoms with Crippen LogP contribution in [0.1, 0.15) is 29.7 Å². The number of hydrogen-bond donors (Lipinski definition) is 1. The molecule has 0 fully saturated rings. The number of nitrogens with one attached hydrogen (secondary N) is 1. The number of methoxy groups -OCH3 is 1. The number of aryl methyl sites for hydroxylation is 1. The molecule has 0 aliphatic carbocycles. The number of rotatable bonds is 5. The number of benzene rings is 2. The predicted octanol–water partition coefficient (Wildman–Crippen LogP) is 4.76. The fourth-order valence-electron chi connectivity index (χ4n) is 2.07. The Morgan fingerprint density at radius 2 is 2.00 bits per heavy atom. The van der Waals surface area contributed by atoms with E-state index < -0.39 is 0 Å². The van der Waals surface area contributed by atoms with Crippen LogP contribution in [-0.4, -0.2) is 7.11 Å². The molecule has 2 aromatic rings. The second-order valence-electron chi connectivity index (χ2n) is 5.07. The van der Waals surface area contributed by atoms with E-state index in [4.69, 9.17) is 4.74 Å². The normalized spacial score (nSPS) is 12.2. The average molecular weight is 352 g/mol. The Balaban J connectivity index is 2.06. The summed E-state index contributed by atoms with van der Waals surface area (Å²) in [5, 5.41) is 3.40. The molecule has 0 aliphatic rings. The highest BCUT2D eigenvalue weighted by Crippen LogP contribution is 2.23. The molecule has 21 heavy (non-hydrogen) atoms. The van der Waals surface area contributed by atoms with Gasteiger partial charge in [-0.1, -0.05) is 28.1 Å². The van der Waals surface area contributed by atoms with Gasteiger partial charge in [0.25, 0.3) is 0 Å². The second kappa shape index (κ2) is 7.05. The first-order valence-corrected chi connectivity index (χ1v) is 7.62. The summed E-state index contributed by atoms with van der Waals surface area (Å²) >= 11 is 3.53. The zero-order chi connectivity index (χ0) is 15.4. The molecule has 0 aromatic heterocycles. The van der Waals surface area contributed by atoms with E-state index in [0.717, 1.165) is 21.3 Å². The van der Waals surface area contributed by atoms with Crippen molar-refractivity contribution in [1.82, 2.24) is 5.32 Å². The molecule has 0 spiro atoms. The van der Waals surface area contributed by atoms with Gasteiger partial charge in [0, 0.05) is 17.1 Å². The minimum atomic E-state index is -0.163. The molecule has 1 unspecified atom stereocenters. The predicted molar refractivity (Wildman–Crippen MR) is 87.1 cm³/mol. The van der Waals surface area contributed by atoms with Crippen LogP contribution in [-0.2, 0) is 6.54 Å². The van der Waals surface area contributed by atoms with Crippen molar-refractivity contribution in [3.05, 3.63) is 63.4 Å². The Bertz CT molecular complexity index is 630. The first kappa shape index (κ1) is 16.0. The Labute approximate surface area is 133 Å². The van der Waals surface area contributed by atoms with Gasteiger partial charge in [0.2, 0.25) is 0 Å². The molecule has 2 aromatic carbocycles. The number of ether oxygens (including phenoxy) is 1. The lowest BCUT2D eigenvalue weighted by atomic mass is 10.1. The Kier molecular flexibility index (Phi) is 5.37. The maximum Gasteiger partial charge on any atom is 0.126 e. The molecular weight excluding hydrogens is 333 g/mol. The van der Waals surface area contributed by atoms with Gasteiger partial charge in [0.15, 0.2) is 0 Å². The van der Waals surface area contributed by atoms with Crippen LogP contribution in [0.5, 0.6) is 5.75 Å². The maximum absolute atomic E-state index is 13.6. The molecule has 2 nitrogen and oxygen atoms in total. The summed E-state index contributed by atoms with van der Waals surface area (Å²) in [5.41, 5.74) is 2.72. The average Bonchev–Trinajstić information content (AvgIpc) is 2.49. The van der Waals surface area contributed by atoms with Crippen molar-refractivity contribution in [1.29, 1.82) is 0 Å². The van der Waals surface area contributed by atoms with Gasteiger partial charge in [-0.3, -0.25) is 0 Å². The largest absolute Gasteiger partial charge is 0.497 e. The van der Waals surface area contributed by atoms with E-state index >= 15 is 0 Å². The third kappa shape index (κ3) is 4.05. The van der Waals surface area contributed by atoms with Crippen LogP contribution < -0.4 is 10.1 Å². The third-order valence-corrected chi connectivity index (χ3v) is 4.32. The number of hydrogen-bond acceptors (Lipinski definition) is 2. The van der Waals surface area contributed by atoms with E-state index in [1.54, 1.807) is 20.1 Å². The Morgan fingerprint density at radius 3 is 2.67 bits per heavy atom. The fraction of sp³-hybridized carbons (Fsp3) is 0.294. The highest BCUT2D eigenvalue weighted by molar-refractivity contribution is 9.10. The lowest BCUT2D eigenvalue weighted by Crippen LogP contribution is -2.18. The zero-order valence-corrected chi connectivity index (χ0v) is 14.0. The van der Waals surface area contributed by atoms with Crippen molar-refractivity contribution in [2.75, 3.05) is 7.11 Å². The van der Waals surface area contributed by atoms with Crippen molar-refractivity contribution in [3.8, 4) is 5.75 Å². The minimum absolute atomic E-state index is 0.0678. The highest BCUT2D eigenvalue weighted by Gasteiger charge is 2.09. The molecule has 0 radical (unpaired) electrons. The Morgan fingerprint density at radius 1 is 1.24 bits per heavy atom. The molecule has 112 valence electrons. The molecule has 1 N–H and O–H groups in total. The molecule has 4 heteroatoms. The summed E-state index contributed by atoms with van der Waals surface area (Å²) in [6.45, 7) is 4.47. The molecule has 0 amide bonds. The molecule has 0 saturated heterocycles. The van der Waals surface area contributed by atoms with Crippen LogP contribution in [0.2, 0.25) is 0 Å². The van der Waals surface area contributed by atoms with E-state index in [0.29, 0.717) is 12.1 Å². The van der Waals surface area contributed by atoms with Crippen molar-refractivity contribution < 1.29 is 9.13 Å². The summed E-state index contributed by atoms with van der Waals surface area (Å²) in [5.74, 6) is 0.660. The number of halogens is 2. The third-order valence-electron chi connectivity index (χ3n) is 3.55. The molecule has 1 atom stereocenters. The van der Waals surface area contributed by atoms with Crippen LogP contribution in [0.3, 0.4) is 0 Å². The first-order chi connectivity index (χ1) is 10.0. The van der Waals surface area contributed by atoms with Crippen LogP contribution in [0.25, 0.3) is 0 Å². The lowest BCUT2D eigenvalue weighted by Gasteiger charge is -2.16. The minimum Gasteiger partial charge on any atom is -0.497 e. The van der Waals surface area contributed by atoms with Crippen LogP contribution in [0.4, 0.5) is 4.39 Å². The molecule has 2 rings (SSSR count). The lowest BCUT2D eigenvalue weighted by molar-refractivity contribution is 0.413. The highest BCUT2D eigenvalue weighted by atomic mass is 79.9. The van der Waals surface area contributed by atoms with Crippen molar-refractivity contribution in [2.24, 2.45) is 0 Å². The first-order valence-electron chi connectivity index (χ1n) is 6.83. The van der Waals surface area contributed by atoms with E-state index in [9.17, 15) is 4.39 Å². The van der Waals surface area contributed by atoms with E-state index in [2.05, 4.69) is 21.2 Å². The molecule has 0 aliphatic heterocycles. The van der Waals surface area contributed by atoms with Gasteiger partial charge < -0.3 is 10.1 Å². The van der Waals surface area contributed by atoms with Crippen molar-refractivity contribution >= 4 is 15.9 Å². The quantitative estimate of drug-likeness (QED) is 0.838. The van der Waals surface area contributed by atoms with E-state index in [-0.39, 0.29) is 11.9 Å². The van der Waals surface area contributed by atoms with Crippen molar-refractivity contribution in [2.45, 2.75) is 26.4 Å². The van der Waals surface area contributed by atoms with E-state index in [1.165, 1.54) is 0 Å². The van der Waals surface area contributed by atoms with Crippen LogP contribution in [0.15, 0.2) is 40.9 Å². The fourth-order valence-corrected chi connectivity index (χ4v) is 2.46. The van der Waals surface area contributed by atoms with Crippen molar-refractivity contribution in [3.63, 3.8) is 0 Å². The SMILES string of the molecule is COc1ccc(Br)c(CNC(C)c2ccc(C)c(F)c2)c1. The van der Waals surface area contributed by atoms with Gasteiger partial charge in [-0.15, -0.1) is 0 Å². The molecular formula is C17H19BrFNO. The van der Waals surface area contributed by atoms with Gasteiger partial charge in [0.1, 0.15) is 11.6 Å². The Hall–Kier alpha value is -1.39. The van der Waals surface area contributed by atoms with Crippen LogP contribution in [0, 0.1) is 12.7 Å².